The fourth-order valence-corrected chi connectivity index (χ4v) is 2.62. The molecule has 1 amide bonds. The molecular weight excluding hydrogens is 298 g/mol. The number of hydrogen-bond donors (Lipinski definition) is 0. The molecule has 6 nitrogen and oxygen atoms in total. The third-order valence-corrected chi connectivity index (χ3v) is 3.44. The first-order valence-corrected chi connectivity index (χ1v) is 7.50. The van der Waals surface area contributed by atoms with Crippen LogP contribution in [0.15, 0.2) is 30.3 Å². The topological polar surface area (TPSA) is 65.1 Å². The van der Waals surface area contributed by atoms with Crippen molar-refractivity contribution in [2.75, 3.05) is 0 Å². The van der Waals surface area contributed by atoms with Gasteiger partial charge in [-0.05, 0) is 40.2 Å². The van der Waals surface area contributed by atoms with E-state index in [2.05, 4.69) is 0 Å². The molecule has 0 aromatic heterocycles. The van der Waals surface area contributed by atoms with E-state index in [1.54, 1.807) is 34.6 Å². The summed E-state index contributed by atoms with van der Waals surface area (Å²) in [6, 6.07) is 8.71. The van der Waals surface area contributed by atoms with Crippen LogP contribution in [0.2, 0.25) is 0 Å². The molecule has 0 saturated carbocycles. The highest BCUT2D eigenvalue weighted by atomic mass is 16.7. The van der Waals surface area contributed by atoms with Crippen molar-refractivity contribution in [3.63, 3.8) is 0 Å². The fraction of sp³-hybridized carbons (Fsp3) is 0.529. The molecule has 1 aromatic carbocycles. The number of carbonyl (C=O) groups excluding carboxylic acids is 2. The average molecular weight is 321 g/mol. The third-order valence-electron chi connectivity index (χ3n) is 3.44. The van der Waals surface area contributed by atoms with E-state index in [9.17, 15) is 9.59 Å². The summed E-state index contributed by atoms with van der Waals surface area (Å²) in [5, 5.41) is 0. The lowest BCUT2D eigenvalue weighted by Gasteiger charge is -2.34. The van der Waals surface area contributed by atoms with Crippen LogP contribution in [0.1, 0.15) is 46.2 Å². The molecule has 1 aromatic rings. The van der Waals surface area contributed by atoms with Gasteiger partial charge in [0.25, 0.3) is 6.47 Å². The van der Waals surface area contributed by atoms with Crippen molar-refractivity contribution in [2.45, 2.75) is 58.3 Å². The van der Waals surface area contributed by atoms with Crippen LogP contribution >= 0.6 is 0 Å². The maximum absolute atomic E-state index is 12.7. The van der Waals surface area contributed by atoms with Gasteiger partial charge in [0.1, 0.15) is 17.4 Å². The minimum Gasteiger partial charge on any atom is -0.444 e. The van der Waals surface area contributed by atoms with Crippen LogP contribution in [0, 0.1) is 0 Å². The standard InChI is InChI=1S/C17H23NO5/c1-16(2,3)23-15(20)18-13(12-9-7-6-8-10-12)14(21-11-19)22-17(18,4)5/h6-11,13-14H,1-5H3. The third kappa shape index (κ3) is 3.82. The quantitative estimate of drug-likeness (QED) is 0.800. The molecule has 0 bridgehead atoms. The number of ether oxygens (including phenoxy) is 3. The molecule has 0 radical (unpaired) electrons. The van der Waals surface area contributed by atoms with Gasteiger partial charge in [0.2, 0.25) is 6.29 Å². The second-order valence-corrected chi connectivity index (χ2v) is 6.87. The van der Waals surface area contributed by atoms with Crippen molar-refractivity contribution in [1.29, 1.82) is 0 Å². The first-order chi connectivity index (χ1) is 10.7. The van der Waals surface area contributed by atoms with Crippen molar-refractivity contribution >= 4 is 12.6 Å². The van der Waals surface area contributed by atoms with Crippen molar-refractivity contribution < 1.29 is 23.8 Å². The second-order valence-electron chi connectivity index (χ2n) is 6.87. The summed E-state index contributed by atoms with van der Waals surface area (Å²) in [4.78, 5) is 25.0. The van der Waals surface area contributed by atoms with Crippen LogP contribution in [0.5, 0.6) is 0 Å². The molecule has 126 valence electrons. The first kappa shape index (κ1) is 17.3. The smallest absolute Gasteiger partial charge is 0.413 e. The monoisotopic (exact) mass is 321 g/mol. The Balaban J connectivity index is 2.41. The van der Waals surface area contributed by atoms with Crippen LogP contribution in [0.25, 0.3) is 0 Å². The van der Waals surface area contributed by atoms with Gasteiger partial charge in [0.15, 0.2) is 0 Å². The molecule has 2 rings (SSSR count). The number of hydrogen-bond acceptors (Lipinski definition) is 5. The summed E-state index contributed by atoms with van der Waals surface area (Å²) in [7, 11) is 0. The summed E-state index contributed by atoms with van der Waals surface area (Å²) in [6.07, 6.45) is -1.41. The Morgan fingerprint density at radius 2 is 1.87 bits per heavy atom. The molecule has 1 saturated heterocycles. The molecular formula is C17H23NO5. The van der Waals surface area contributed by atoms with E-state index in [1.807, 2.05) is 30.3 Å². The molecule has 2 unspecified atom stereocenters. The van der Waals surface area contributed by atoms with Gasteiger partial charge in [-0.2, -0.15) is 0 Å². The summed E-state index contributed by atoms with van der Waals surface area (Å²) >= 11 is 0. The molecule has 1 heterocycles. The lowest BCUT2D eigenvalue weighted by Crippen LogP contribution is -2.47. The highest BCUT2D eigenvalue weighted by Gasteiger charge is 2.53. The molecule has 1 aliphatic rings. The van der Waals surface area contributed by atoms with Crippen molar-refractivity contribution in [1.82, 2.24) is 4.90 Å². The van der Waals surface area contributed by atoms with Crippen molar-refractivity contribution in [3.8, 4) is 0 Å². The Labute approximate surface area is 136 Å². The average Bonchev–Trinajstić information content (AvgIpc) is 2.69. The van der Waals surface area contributed by atoms with Gasteiger partial charge in [-0.15, -0.1) is 0 Å². The van der Waals surface area contributed by atoms with Gasteiger partial charge in [0.05, 0.1) is 0 Å². The van der Waals surface area contributed by atoms with Gasteiger partial charge < -0.3 is 14.2 Å². The summed E-state index contributed by atoms with van der Waals surface area (Å²) < 4.78 is 16.3. The van der Waals surface area contributed by atoms with Crippen LogP contribution in [-0.4, -0.2) is 35.1 Å². The Kier molecular flexibility index (Phi) is 4.66. The van der Waals surface area contributed by atoms with Crippen LogP contribution in [0.4, 0.5) is 4.79 Å². The van der Waals surface area contributed by atoms with Crippen molar-refractivity contribution in [2.24, 2.45) is 0 Å². The van der Waals surface area contributed by atoms with Gasteiger partial charge in [-0.3, -0.25) is 9.69 Å². The lowest BCUT2D eigenvalue weighted by atomic mass is 10.0. The minimum atomic E-state index is -0.976. The molecule has 1 fully saturated rings. The lowest BCUT2D eigenvalue weighted by molar-refractivity contribution is -0.175. The van der Waals surface area contributed by atoms with Crippen LogP contribution in [-0.2, 0) is 19.0 Å². The zero-order valence-electron chi connectivity index (χ0n) is 14.1. The van der Waals surface area contributed by atoms with Gasteiger partial charge in [-0.1, -0.05) is 30.3 Å². The fourth-order valence-electron chi connectivity index (χ4n) is 2.62. The molecule has 23 heavy (non-hydrogen) atoms. The summed E-state index contributed by atoms with van der Waals surface area (Å²) in [6.45, 7) is 9.20. The summed E-state index contributed by atoms with van der Waals surface area (Å²) in [5.74, 6) is 0. The van der Waals surface area contributed by atoms with Gasteiger partial charge >= 0.3 is 6.09 Å². The highest BCUT2D eigenvalue weighted by molar-refractivity contribution is 5.70. The largest absolute Gasteiger partial charge is 0.444 e. The zero-order chi connectivity index (χ0) is 17.3. The highest BCUT2D eigenvalue weighted by Crippen LogP contribution is 2.42. The van der Waals surface area contributed by atoms with Crippen molar-refractivity contribution in [3.05, 3.63) is 35.9 Å². The Hall–Kier alpha value is -2.08. The van der Waals surface area contributed by atoms with E-state index in [0.29, 0.717) is 6.47 Å². The summed E-state index contributed by atoms with van der Waals surface area (Å²) in [5.41, 5.74) is -0.815. The molecule has 6 heteroatoms. The molecule has 2 atom stereocenters. The van der Waals surface area contributed by atoms with E-state index < -0.39 is 29.8 Å². The van der Waals surface area contributed by atoms with Crippen LogP contribution in [0.3, 0.4) is 0 Å². The van der Waals surface area contributed by atoms with Gasteiger partial charge in [0, 0.05) is 0 Å². The maximum Gasteiger partial charge on any atom is 0.413 e. The van der Waals surface area contributed by atoms with E-state index in [-0.39, 0.29) is 0 Å². The van der Waals surface area contributed by atoms with Gasteiger partial charge in [-0.25, -0.2) is 4.79 Å². The first-order valence-electron chi connectivity index (χ1n) is 7.50. The predicted molar refractivity (Wildman–Crippen MR) is 83.4 cm³/mol. The maximum atomic E-state index is 12.7. The Morgan fingerprint density at radius 1 is 1.26 bits per heavy atom. The number of nitrogens with zero attached hydrogens (tertiary/aromatic N) is 1. The molecule has 0 N–H and O–H groups in total. The molecule has 1 aliphatic heterocycles. The predicted octanol–water partition coefficient (Wildman–Crippen LogP) is 3.23. The second kappa shape index (κ2) is 6.20. The number of rotatable bonds is 3. The number of benzene rings is 1. The molecule has 0 spiro atoms. The number of amides is 1. The van der Waals surface area contributed by atoms with E-state index in [0.717, 1.165) is 5.56 Å². The minimum absolute atomic E-state index is 0.329. The SMILES string of the molecule is CC(C)(C)OC(=O)N1C(c2ccccc2)C(OC=O)OC1(C)C. The van der Waals surface area contributed by atoms with E-state index >= 15 is 0 Å². The zero-order valence-corrected chi connectivity index (χ0v) is 14.1. The van der Waals surface area contributed by atoms with Crippen LogP contribution < -0.4 is 0 Å². The normalized spacial score (nSPS) is 23.4. The molecule has 0 aliphatic carbocycles. The number of carbonyl (C=O) groups is 2. The Morgan fingerprint density at radius 3 is 2.39 bits per heavy atom. The van der Waals surface area contributed by atoms with E-state index in [1.165, 1.54) is 4.90 Å². The van der Waals surface area contributed by atoms with E-state index in [4.69, 9.17) is 14.2 Å². The Bertz CT molecular complexity index is 564.